The Kier molecular flexibility index (Phi) is 6.85. The molecule has 0 radical (unpaired) electrons. The first-order valence-corrected chi connectivity index (χ1v) is 9.61. The number of likely N-dealkylation sites (tertiary alicyclic amines) is 1. The predicted molar refractivity (Wildman–Crippen MR) is 108 cm³/mol. The number of methoxy groups -OCH3 is 1. The van der Waals surface area contributed by atoms with E-state index in [2.05, 4.69) is 33.7 Å². The van der Waals surface area contributed by atoms with Crippen molar-refractivity contribution in [3.05, 3.63) is 65.7 Å². The van der Waals surface area contributed by atoms with Crippen LogP contribution in [-0.2, 0) is 17.9 Å². The second kappa shape index (κ2) is 9.53. The lowest BCUT2D eigenvalue weighted by Crippen LogP contribution is -2.42. The molecule has 1 amide bonds. The van der Waals surface area contributed by atoms with E-state index in [1.54, 1.807) is 7.11 Å². The van der Waals surface area contributed by atoms with Crippen LogP contribution in [0.15, 0.2) is 54.6 Å². The van der Waals surface area contributed by atoms with Crippen LogP contribution in [0.3, 0.4) is 0 Å². The number of carbonyl (C=O) groups excluding carboxylic acids is 1. The largest absolute Gasteiger partial charge is 0.497 e. The Hall–Kier alpha value is -2.37. The van der Waals surface area contributed by atoms with Crippen molar-refractivity contribution in [2.45, 2.75) is 38.5 Å². The molecule has 2 aromatic rings. The van der Waals surface area contributed by atoms with Crippen LogP contribution in [0.2, 0.25) is 0 Å². The average Bonchev–Trinajstić information content (AvgIpc) is 3.10. The van der Waals surface area contributed by atoms with Gasteiger partial charge in [-0.05, 0) is 36.6 Å². The molecular formula is C22H29N3O2. The van der Waals surface area contributed by atoms with Crippen molar-refractivity contribution in [1.29, 1.82) is 0 Å². The zero-order valence-corrected chi connectivity index (χ0v) is 16.2. The summed E-state index contributed by atoms with van der Waals surface area (Å²) >= 11 is 0. The van der Waals surface area contributed by atoms with Gasteiger partial charge in [0.2, 0.25) is 5.91 Å². The highest BCUT2D eigenvalue weighted by Crippen LogP contribution is 2.22. The van der Waals surface area contributed by atoms with Crippen molar-refractivity contribution in [2.75, 3.05) is 20.2 Å². The highest BCUT2D eigenvalue weighted by molar-refractivity contribution is 5.82. The first-order valence-electron chi connectivity index (χ1n) is 9.61. The van der Waals surface area contributed by atoms with Gasteiger partial charge in [0.1, 0.15) is 5.75 Å². The lowest BCUT2D eigenvalue weighted by Gasteiger charge is -2.23. The fourth-order valence-corrected chi connectivity index (χ4v) is 3.65. The number of benzene rings is 2. The molecule has 0 bridgehead atoms. The monoisotopic (exact) mass is 367 g/mol. The average molecular weight is 367 g/mol. The van der Waals surface area contributed by atoms with E-state index in [0.29, 0.717) is 6.54 Å². The molecule has 0 unspecified atom stereocenters. The number of nitrogens with zero attached hydrogens (tertiary/aromatic N) is 1. The van der Waals surface area contributed by atoms with Gasteiger partial charge in [0.25, 0.3) is 0 Å². The van der Waals surface area contributed by atoms with Gasteiger partial charge in [-0.25, -0.2) is 0 Å². The summed E-state index contributed by atoms with van der Waals surface area (Å²) in [7, 11) is 1.68. The first kappa shape index (κ1) is 19.4. The molecule has 1 aliphatic heterocycles. The number of hydrogen-bond acceptors (Lipinski definition) is 4. The summed E-state index contributed by atoms with van der Waals surface area (Å²) in [5.41, 5.74) is 2.42. The van der Waals surface area contributed by atoms with Gasteiger partial charge in [0.05, 0.1) is 13.2 Å². The Morgan fingerprint density at radius 1 is 1.15 bits per heavy atom. The number of likely N-dealkylation sites (N-methyl/N-ethyl adjacent to an activating group) is 1. The van der Waals surface area contributed by atoms with Crippen molar-refractivity contribution < 1.29 is 9.53 Å². The van der Waals surface area contributed by atoms with Crippen LogP contribution in [0.25, 0.3) is 0 Å². The zero-order valence-electron chi connectivity index (χ0n) is 16.2. The number of ether oxygens (including phenoxy) is 1. The van der Waals surface area contributed by atoms with E-state index in [4.69, 9.17) is 4.74 Å². The van der Waals surface area contributed by atoms with Crippen LogP contribution in [0, 0.1) is 0 Å². The van der Waals surface area contributed by atoms with Gasteiger partial charge < -0.3 is 15.4 Å². The summed E-state index contributed by atoms with van der Waals surface area (Å²) in [4.78, 5) is 14.8. The number of carbonyl (C=O) groups is 1. The quantitative estimate of drug-likeness (QED) is 0.753. The normalized spacial score (nSPS) is 19.8. The lowest BCUT2D eigenvalue weighted by molar-refractivity contribution is -0.125. The Morgan fingerprint density at radius 2 is 1.93 bits per heavy atom. The number of rotatable bonds is 8. The maximum absolute atomic E-state index is 12.6. The molecule has 1 aliphatic rings. The molecule has 3 rings (SSSR count). The SMILES string of the molecule is CCNC(=O)[C@@H]1C[C@H](NCc2cccc(OC)c2)CN1Cc1ccccc1. The van der Waals surface area contributed by atoms with Gasteiger partial charge in [0, 0.05) is 32.2 Å². The van der Waals surface area contributed by atoms with Gasteiger partial charge >= 0.3 is 0 Å². The predicted octanol–water partition coefficient (Wildman–Crippen LogP) is 2.56. The first-order chi connectivity index (χ1) is 13.2. The van der Waals surface area contributed by atoms with E-state index in [1.807, 2.05) is 43.3 Å². The number of amides is 1. The molecule has 1 heterocycles. The minimum absolute atomic E-state index is 0.0898. The Morgan fingerprint density at radius 3 is 2.67 bits per heavy atom. The maximum atomic E-state index is 12.6. The smallest absolute Gasteiger partial charge is 0.237 e. The molecular weight excluding hydrogens is 338 g/mol. The Balaban J connectivity index is 1.63. The fourth-order valence-electron chi connectivity index (χ4n) is 3.65. The summed E-state index contributed by atoms with van der Waals surface area (Å²) in [5.74, 6) is 0.991. The molecule has 2 aromatic carbocycles. The van der Waals surface area contributed by atoms with E-state index in [-0.39, 0.29) is 18.0 Å². The minimum atomic E-state index is -0.0898. The van der Waals surface area contributed by atoms with Gasteiger partial charge in [-0.3, -0.25) is 9.69 Å². The minimum Gasteiger partial charge on any atom is -0.497 e. The number of nitrogens with one attached hydrogen (secondary N) is 2. The molecule has 1 saturated heterocycles. The van der Waals surface area contributed by atoms with Crippen LogP contribution in [0.5, 0.6) is 5.75 Å². The second-order valence-corrected chi connectivity index (χ2v) is 6.99. The molecule has 27 heavy (non-hydrogen) atoms. The van der Waals surface area contributed by atoms with Crippen LogP contribution in [0.4, 0.5) is 0 Å². The third-order valence-electron chi connectivity index (χ3n) is 5.01. The van der Waals surface area contributed by atoms with Gasteiger partial charge in [-0.1, -0.05) is 42.5 Å². The van der Waals surface area contributed by atoms with Crippen molar-refractivity contribution >= 4 is 5.91 Å². The molecule has 1 fully saturated rings. The van der Waals surface area contributed by atoms with E-state index in [9.17, 15) is 4.79 Å². The summed E-state index contributed by atoms with van der Waals surface area (Å²) in [6, 6.07) is 18.6. The van der Waals surface area contributed by atoms with E-state index in [1.165, 1.54) is 11.1 Å². The second-order valence-electron chi connectivity index (χ2n) is 6.99. The van der Waals surface area contributed by atoms with E-state index in [0.717, 1.165) is 31.8 Å². The van der Waals surface area contributed by atoms with Crippen molar-refractivity contribution in [3.63, 3.8) is 0 Å². The van der Waals surface area contributed by atoms with Crippen LogP contribution in [-0.4, -0.2) is 43.1 Å². The molecule has 0 spiro atoms. The third kappa shape index (κ3) is 5.31. The molecule has 0 aromatic heterocycles. The number of hydrogen-bond donors (Lipinski definition) is 2. The van der Waals surface area contributed by atoms with Crippen molar-refractivity contribution in [3.8, 4) is 5.75 Å². The van der Waals surface area contributed by atoms with Crippen LogP contribution in [0.1, 0.15) is 24.5 Å². The molecule has 5 heteroatoms. The maximum Gasteiger partial charge on any atom is 0.237 e. The summed E-state index contributed by atoms with van der Waals surface area (Å²) in [5, 5.41) is 6.60. The van der Waals surface area contributed by atoms with Crippen LogP contribution >= 0.6 is 0 Å². The highest BCUT2D eigenvalue weighted by Gasteiger charge is 2.36. The third-order valence-corrected chi connectivity index (χ3v) is 5.01. The summed E-state index contributed by atoms with van der Waals surface area (Å²) < 4.78 is 5.30. The van der Waals surface area contributed by atoms with Crippen LogP contribution < -0.4 is 15.4 Å². The Bertz CT molecular complexity index is 735. The molecule has 144 valence electrons. The topological polar surface area (TPSA) is 53.6 Å². The van der Waals surface area contributed by atoms with Crippen molar-refractivity contribution in [1.82, 2.24) is 15.5 Å². The van der Waals surface area contributed by atoms with Gasteiger partial charge in [-0.2, -0.15) is 0 Å². The highest BCUT2D eigenvalue weighted by atomic mass is 16.5. The standard InChI is InChI=1S/C22H29N3O2/c1-3-23-22(26)21-13-19(16-25(21)15-17-8-5-4-6-9-17)24-14-18-10-7-11-20(12-18)27-2/h4-12,19,21,24H,3,13-16H2,1-2H3,(H,23,26)/t19-,21-/m0/s1. The van der Waals surface area contributed by atoms with Crippen molar-refractivity contribution in [2.24, 2.45) is 0 Å². The summed E-state index contributed by atoms with van der Waals surface area (Å²) in [6.07, 6.45) is 0.822. The Labute approximate surface area is 161 Å². The molecule has 0 saturated carbocycles. The summed E-state index contributed by atoms with van der Waals surface area (Å²) in [6.45, 7) is 5.05. The fraction of sp³-hybridized carbons (Fsp3) is 0.409. The lowest BCUT2D eigenvalue weighted by atomic mass is 10.1. The molecule has 2 atom stereocenters. The molecule has 5 nitrogen and oxygen atoms in total. The molecule has 2 N–H and O–H groups in total. The molecule has 0 aliphatic carbocycles. The zero-order chi connectivity index (χ0) is 19.1. The van der Waals surface area contributed by atoms with Gasteiger partial charge in [-0.15, -0.1) is 0 Å². The van der Waals surface area contributed by atoms with Gasteiger partial charge in [0.15, 0.2) is 0 Å². The van der Waals surface area contributed by atoms with E-state index < -0.39 is 0 Å². The van der Waals surface area contributed by atoms with E-state index >= 15 is 0 Å².